The highest BCUT2D eigenvalue weighted by atomic mass is 35.5. The van der Waals surface area contributed by atoms with Crippen molar-refractivity contribution in [3.63, 3.8) is 0 Å². The van der Waals surface area contributed by atoms with Crippen molar-refractivity contribution in [1.29, 1.82) is 0 Å². The quantitative estimate of drug-likeness (QED) is 0.462. The predicted molar refractivity (Wildman–Crippen MR) is 123 cm³/mol. The van der Waals surface area contributed by atoms with E-state index in [4.69, 9.17) is 11.6 Å². The number of nitrogens with zero attached hydrogens (tertiary/aromatic N) is 4. The van der Waals surface area contributed by atoms with Gasteiger partial charge < -0.3 is 20.5 Å². The van der Waals surface area contributed by atoms with E-state index in [0.717, 1.165) is 32.0 Å². The highest BCUT2D eigenvalue weighted by Crippen LogP contribution is 2.31. The first-order chi connectivity index (χ1) is 16.0. The zero-order valence-electron chi connectivity index (χ0n) is 18.0. The number of hydrogen-bond donors (Lipinski definition) is 3. The molecule has 2 aliphatic rings. The van der Waals surface area contributed by atoms with Crippen LogP contribution in [0.3, 0.4) is 0 Å². The van der Waals surface area contributed by atoms with E-state index in [1.807, 2.05) is 0 Å². The van der Waals surface area contributed by atoms with Gasteiger partial charge in [-0.25, -0.2) is 14.4 Å². The van der Waals surface area contributed by atoms with E-state index in [9.17, 15) is 14.0 Å². The van der Waals surface area contributed by atoms with Gasteiger partial charge in [-0.3, -0.25) is 14.2 Å². The highest BCUT2D eigenvalue weighted by Gasteiger charge is 2.29. The lowest BCUT2D eigenvalue weighted by atomic mass is 10.2. The number of H-pyrrole nitrogens is 1. The molecule has 1 saturated carbocycles. The molecule has 0 spiro atoms. The third-order valence-corrected chi connectivity index (χ3v) is 6.46. The molecule has 1 atom stereocenters. The van der Waals surface area contributed by atoms with Gasteiger partial charge in [-0.15, -0.1) is 0 Å². The number of amides is 1. The maximum atomic E-state index is 13.7. The number of carbonyl (C=O) groups excluding carboxylic acids is 1. The Morgan fingerprint density at radius 1 is 1.27 bits per heavy atom. The first kappa shape index (κ1) is 21.8. The van der Waals surface area contributed by atoms with Crippen LogP contribution in [0.25, 0.3) is 11.0 Å². The molecule has 5 rings (SSSR count). The molecule has 174 valence electrons. The summed E-state index contributed by atoms with van der Waals surface area (Å²) in [5.74, 6) is 0.219. The molecule has 11 heteroatoms. The van der Waals surface area contributed by atoms with Crippen LogP contribution in [0.2, 0.25) is 5.15 Å². The number of pyridine rings is 1. The van der Waals surface area contributed by atoms with E-state index in [1.165, 1.54) is 29.8 Å². The van der Waals surface area contributed by atoms with Crippen molar-refractivity contribution in [3.8, 4) is 0 Å². The molecule has 1 amide bonds. The smallest absolute Gasteiger partial charge is 0.294 e. The van der Waals surface area contributed by atoms with Crippen LogP contribution in [0, 0.1) is 11.7 Å². The summed E-state index contributed by atoms with van der Waals surface area (Å²) in [6, 6.07) is 1.76. The van der Waals surface area contributed by atoms with Gasteiger partial charge in [0.2, 0.25) is 5.91 Å². The van der Waals surface area contributed by atoms with Crippen molar-refractivity contribution in [3.05, 3.63) is 51.5 Å². The summed E-state index contributed by atoms with van der Waals surface area (Å²) < 4.78 is 14.9. The molecule has 2 fully saturated rings. The van der Waals surface area contributed by atoms with Crippen molar-refractivity contribution in [2.24, 2.45) is 5.92 Å². The Labute approximate surface area is 194 Å². The van der Waals surface area contributed by atoms with Crippen molar-refractivity contribution in [1.82, 2.24) is 29.7 Å². The first-order valence-electron chi connectivity index (χ1n) is 11.1. The summed E-state index contributed by atoms with van der Waals surface area (Å²) in [7, 11) is 0. The zero-order valence-corrected chi connectivity index (χ0v) is 18.7. The lowest BCUT2D eigenvalue weighted by Gasteiger charge is -2.17. The number of rotatable bonds is 8. The molecule has 0 unspecified atom stereocenters. The van der Waals surface area contributed by atoms with Gasteiger partial charge in [-0.05, 0) is 36.8 Å². The highest BCUT2D eigenvalue weighted by molar-refractivity contribution is 6.29. The number of aromatic nitrogens is 4. The number of anilines is 1. The molecule has 1 aliphatic heterocycles. The summed E-state index contributed by atoms with van der Waals surface area (Å²) >= 11 is 6.17. The van der Waals surface area contributed by atoms with E-state index < -0.39 is 17.3 Å². The Kier molecular flexibility index (Phi) is 6.03. The number of carbonyl (C=O) groups is 1. The molecule has 3 aromatic heterocycles. The molecular weight excluding hydrogens is 449 g/mol. The van der Waals surface area contributed by atoms with Gasteiger partial charge in [-0.2, -0.15) is 0 Å². The molecular formula is C22H25ClFN7O2. The SMILES string of the molecule is O=C(Cn1c(Cl)cnc(N[C@H]2CCN(CC3CC3)C2)c1=O)NCc1cnc2[nH]cc(F)c2c1. The Balaban J connectivity index is 1.20. The Hall–Kier alpha value is -2.98. The summed E-state index contributed by atoms with van der Waals surface area (Å²) in [6.45, 7) is 2.90. The Morgan fingerprint density at radius 3 is 2.94 bits per heavy atom. The van der Waals surface area contributed by atoms with E-state index in [1.54, 1.807) is 12.3 Å². The van der Waals surface area contributed by atoms with Gasteiger partial charge in [0.1, 0.15) is 23.2 Å². The second kappa shape index (κ2) is 9.11. The van der Waals surface area contributed by atoms with Gasteiger partial charge in [0.15, 0.2) is 5.82 Å². The fourth-order valence-electron chi connectivity index (χ4n) is 4.20. The van der Waals surface area contributed by atoms with Gasteiger partial charge in [0.25, 0.3) is 5.56 Å². The molecule has 0 aromatic carbocycles. The third kappa shape index (κ3) is 5.01. The summed E-state index contributed by atoms with van der Waals surface area (Å²) in [6.07, 6.45) is 7.74. The van der Waals surface area contributed by atoms with Gasteiger partial charge >= 0.3 is 0 Å². The van der Waals surface area contributed by atoms with Gasteiger partial charge in [0.05, 0.1) is 11.6 Å². The van der Waals surface area contributed by atoms with Crippen molar-refractivity contribution >= 4 is 34.4 Å². The Morgan fingerprint density at radius 2 is 2.12 bits per heavy atom. The number of fused-ring (bicyclic) bond motifs is 1. The van der Waals surface area contributed by atoms with Crippen molar-refractivity contribution in [2.75, 3.05) is 25.0 Å². The Bertz CT molecular complexity index is 1240. The summed E-state index contributed by atoms with van der Waals surface area (Å²) in [5.41, 5.74) is 0.647. The van der Waals surface area contributed by atoms with Crippen LogP contribution in [-0.2, 0) is 17.9 Å². The maximum Gasteiger partial charge on any atom is 0.294 e. The molecule has 4 heterocycles. The second-order valence-electron chi connectivity index (χ2n) is 8.81. The minimum atomic E-state index is -0.434. The van der Waals surface area contributed by atoms with Crippen LogP contribution in [0.1, 0.15) is 24.8 Å². The monoisotopic (exact) mass is 473 g/mol. The van der Waals surface area contributed by atoms with E-state index in [2.05, 4.69) is 30.5 Å². The topological polar surface area (TPSA) is 108 Å². The number of likely N-dealkylation sites (tertiary alicyclic amines) is 1. The van der Waals surface area contributed by atoms with E-state index in [0.29, 0.717) is 16.6 Å². The van der Waals surface area contributed by atoms with Crippen molar-refractivity contribution < 1.29 is 9.18 Å². The van der Waals surface area contributed by atoms with Crippen LogP contribution in [0.15, 0.2) is 29.5 Å². The molecule has 1 aliphatic carbocycles. The van der Waals surface area contributed by atoms with E-state index in [-0.39, 0.29) is 30.1 Å². The van der Waals surface area contributed by atoms with Crippen LogP contribution in [0.5, 0.6) is 0 Å². The molecule has 3 aromatic rings. The van der Waals surface area contributed by atoms with Gasteiger partial charge in [-0.1, -0.05) is 11.6 Å². The molecule has 0 radical (unpaired) electrons. The number of hydrogen-bond acceptors (Lipinski definition) is 6. The van der Waals surface area contributed by atoms with Crippen molar-refractivity contribution in [2.45, 2.75) is 38.4 Å². The predicted octanol–water partition coefficient (Wildman–Crippen LogP) is 2.12. The average Bonchev–Trinajstić information content (AvgIpc) is 3.39. The average molecular weight is 474 g/mol. The molecule has 33 heavy (non-hydrogen) atoms. The van der Waals surface area contributed by atoms with Gasteiger partial charge in [0, 0.05) is 44.6 Å². The summed E-state index contributed by atoms with van der Waals surface area (Å²) in [4.78, 5) is 38.9. The van der Waals surface area contributed by atoms with E-state index >= 15 is 0 Å². The fraction of sp³-hybridized carbons (Fsp3) is 0.455. The number of nitrogens with one attached hydrogen (secondary N) is 3. The second-order valence-corrected chi connectivity index (χ2v) is 9.19. The molecule has 9 nitrogen and oxygen atoms in total. The zero-order chi connectivity index (χ0) is 22.9. The number of aromatic amines is 1. The minimum absolute atomic E-state index is 0.0833. The maximum absolute atomic E-state index is 13.7. The fourth-order valence-corrected chi connectivity index (χ4v) is 4.39. The molecule has 0 bridgehead atoms. The largest absolute Gasteiger partial charge is 0.361 e. The lowest BCUT2D eigenvalue weighted by Crippen LogP contribution is -2.35. The normalized spacial score (nSPS) is 18.7. The third-order valence-electron chi connectivity index (χ3n) is 6.16. The van der Waals surface area contributed by atoms with Crippen LogP contribution in [-0.4, -0.2) is 56.0 Å². The standard InChI is InChI=1S/C22H25ClFN7O2/c23-18-9-28-21(29-15-3-4-30(11-15)10-13-1-2-13)22(33)31(18)12-19(32)25-6-14-5-16-17(24)8-27-20(16)26-7-14/h5,7-9,13,15H,1-4,6,10-12H2,(H,25,32)(H,26,27)(H,28,29)/t15-/m0/s1. The number of halogens is 2. The van der Waals surface area contributed by atoms with Crippen LogP contribution < -0.4 is 16.2 Å². The first-order valence-corrected chi connectivity index (χ1v) is 11.5. The van der Waals surface area contributed by atoms with Crippen LogP contribution >= 0.6 is 11.6 Å². The van der Waals surface area contributed by atoms with Crippen LogP contribution in [0.4, 0.5) is 10.2 Å². The molecule has 3 N–H and O–H groups in total. The lowest BCUT2D eigenvalue weighted by molar-refractivity contribution is -0.121. The molecule has 1 saturated heterocycles. The summed E-state index contributed by atoms with van der Waals surface area (Å²) in [5, 5.41) is 6.39. The minimum Gasteiger partial charge on any atom is -0.361 e.